The Hall–Kier alpha value is -2.71. The van der Waals surface area contributed by atoms with E-state index in [4.69, 9.17) is 4.74 Å². The minimum Gasteiger partial charge on any atom is -0.482 e. The lowest BCUT2D eigenvalue weighted by atomic mass is 10.1. The van der Waals surface area contributed by atoms with Gasteiger partial charge in [-0.3, -0.25) is 4.98 Å². The van der Waals surface area contributed by atoms with Crippen LogP contribution in [0, 0.1) is 0 Å². The van der Waals surface area contributed by atoms with Crippen LogP contribution < -0.4 is 4.74 Å². The largest absolute Gasteiger partial charge is 0.482 e. The Bertz CT molecular complexity index is 898. The second kappa shape index (κ2) is 5.98. The van der Waals surface area contributed by atoms with E-state index >= 15 is 0 Å². The van der Waals surface area contributed by atoms with E-state index in [0.29, 0.717) is 11.2 Å². The molecule has 3 nitrogen and oxygen atoms in total. The van der Waals surface area contributed by atoms with E-state index in [9.17, 15) is 26.3 Å². The van der Waals surface area contributed by atoms with Crippen LogP contribution in [0.2, 0.25) is 0 Å². The zero-order chi connectivity index (χ0) is 18.2. The zero-order valence-electron chi connectivity index (χ0n) is 12.4. The molecule has 0 spiro atoms. The third-order valence-corrected chi connectivity index (χ3v) is 3.41. The number of halogens is 6. The third kappa shape index (κ3) is 3.86. The van der Waals surface area contributed by atoms with Crippen LogP contribution in [0.1, 0.15) is 5.56 Å². The van der Waals surface area contributed by atoms with E-state index in [0.717, 1.165) is 18.3 Å². The molecule has 2 aromatic heterocycles. The molecule has 0 amide bonds. The van der Waals surface area contributed by atoms with E-state index in [1.807, 2.05) is 0 Å². The first-order chi connectivity index (χ1) is 11.6. The molecule has 0 saturated carbocycles. The Balaban J connectivity index is 1.99. The minimum atomic E-state index is -4.52. The molecule has 0 saturated heterocycles. The maximum absolute atomic E-state index is 12.8. The molecule has 0 aliphatic carbocycles. The van der Waals surface area contributed by atoms with Crippen molar-refractivity contribution in [3.63, 3.8) is 0 Å². The van der Waals surface area contributed by atoms with E-state index in [1.54, 1.807) is 0 Å². The third-order valence-electron chi connectivity index (χ3n) is 3.41. The predicted molar refractivity (Wildman–Crippen MR) is 78.1 cm³/mol. The summed E-state index contributed by atoms with van der Waals surface area (Å²) in [6, 6.07) is 5.99. The van der Waals surface area contributed by atoms with Crippen molar-refractivity contribution in [2.75, 3.05) is 6.61 Å². The van der Waals surface area contributed by atoms with Crippen molar-refractivity contribution in [3.8, 4) is 17.0 Å². The fourth-order valence-corrected chi connectivity index (χ4v) is 2.33. The van der Waals surface area contributed by atoms with Crippen molar-refractivity contribution in [2.24, 2.45) is 0 Å². The van der Waals surface area contributed by atoms with E-state index in [1.165, 1.54) is 24.4 Å². The van der Waals surface area contributed by atoms with Gasteiger partial charge in [0.1, 0.15) is 5.75 Å². The van der Waals surface area contributed by atoms with Gasteiger partial charge in [-0.05, 0) is 30.3 Å². The molecule has 0 radical (unpaired) electrons. The maximum atomic E-state index is 12.8. The first-order valence-electron chi connectivity index (χ1n) is 6.97. The average Bonchev–Trinajstić information content (AvgIpc) is 2.94. The summed E-state index contributed by atoms with van der Waals surface area (Å²) in [5, 5.41) is 0.281. The molecule has 0 unspecified atom stereocenters. The van der Waals surface area contributed by atoms with Gasteiger partial charge in [0, 0.05) is 22.7 Å². The number of hydrogen-bond donors (Lipinski definition) is 1. The molecule has 1 aromatic carbocycles. The summed E-state index contributed by atoms with van der Waals surface area (Å²) in [4.78, 5) is 6.59. The van der Waals surface area contributed by atoms with Crippen LogP contribution in [0.15, 0.2) is 42.7 Å². The molecule has 25 heavy (non-hydrogen) atoms. The molecule has 0 atom stereocenters. The fraction of sp³-hybridized carbons (Fsp3) is 0.188. The van der Waals surface area contributed by atoms with Gasteiger partial charge in [-0.15, -0.1) is 0 Å². The number of pyridine rings is 1. The molecule has 3 aromatic rings. The van der Waals surface area contributed by atoms with E-state index < -0.39 is 24.5 Å². The summed E-state index contributed by atoms with van der Waals surface area (Å²) in [5.41, 5.74) is 0.202. The zero-order valence-corrected chi connectivity index (χ0v) is 12.4. The molecule has 0 aliphatic heterocycles. The Kier molecular flexibility index (Phi) is 4.09. The molecule has 0 bridgehead atoms. The van der Waals surface area contributed by atoms with Crippen molar-refractivity contribution in [2.45, 2.75) is 12.4 Å². The Morgan fingerprint density at radius 2 is 1.76 bits per heavy atom. The standard InChI is InChI=1S/C16H10F6N2O/c17-15(18,19)8-25-14-7-23-4-3-11(14)13-6-9-5-10(16(20,21)22)1-2-12(9)24-13/h1-7,24H,8H2. The van der Waals surface area contributed by atoms with Gasteiger partial charge in [-0.25, -0.2) is 0 Å². The highest BCUT2D eigenvalue weighted by Gasteiger charge is 2.31. The van der Waals surface area contributed by atoms with Gasteiger partial charge in [-0.1, -0.05) is 0 Å². The van der Waals surface area contributed by atoms with Gasteiger partial charge in [0.25, 0.3) is 0 Å². The van der Waals surface area contributed by atoms with Crippen LogP contribution in [-0.4, -0.2) is 22.8 Å². The normalized spacial score (nSPS) is 12.6. The molecule has 0 aliphatic rings. The molecule has 3 rings (SSSR count). The van der Waals surface area contributed by atoms with Crippen molar-refractivity contribution < 1.29 is 31.1 Å². The van der Waals surface area contributed by atoms with Crippen LogP contribution >= 0.6 is 0 Å². The molecule has 132 valence electrons. The van der Waals surface area contributed by atoms with Gasteiger partial charge < -0.3 is 9.72 Å². The van der Waals surface area contributed by atoms with Crippen LogP contribution in [0.5, 0.6) is 5.75 Å². The molecule has 9 heteroatoms. The summed E-state index contributed by atoms with van der Waals surface area (Å²) in [6.45, 7) is -1.50. The minimum absolute atomic E-state index is 0.123. The number of nitrogens with zero attached hydrogens (tertiary/aromatic N) is 1. The fourth-order valence-electron chi connectivity index (χ4n) is 2.33. The quantitative estimate of drug-likeness (QED) is 0.653. The van der Waals surface area contributed by atoms with Crippen LogP contribution in [-0.2, 0) is 6.18 Å². The molecular weight excluding hydrogens is 350 g/mol. The van der Waals surface area contributed by atoms with Gasteiger partial charge in [0.05, 0.1) is 17.5 Å². The van der Waals surface area contributed by atoms with Crippen LogP contribution in [0.25, 0.3) is 22.2 Å². The molecule has 0 fully saturated rings. The number of aromatic nitrogens is 2. The Morgan fingerprint density at radius 1 is 1.00 bits per heavy atom. The SMILES string of the molecule is FC(F)(F)COc1cnccc1-c1cc2cc(C(F)(F)F)ccc2[nH]1. The van der Waals surface area contributed by atoms with Gasteiger partial charge in [0.15, 0.2) is 6.61 Å². The van der Waals surface area contributed by atoms with Crippen molar-refractivity contribution in [1.82, 2.24) is 9.97 Å². The molecular formula is C16H10F6N2O. The molecule has 1 N–H and O–H groups in total. The number of alkyl halides is 6. The summed E-state index contributed by atoms with van der Waals surface area (Å²) >= 11 is 0. The number of hydrogen-bond acceptors (Lipinski definition) is 2. The van der Waals surface area contributed by atoms with Crippen molar-refractivity contribution in [3.05, 3.63) is 48.3 Å². The summed E-state index contributed by atoms with van der Waals surface area (Å²) < 4.78 is 80.1. The van der Waals surface area contributed by atoms with Gasteiger partial charge >= 0.3 is 12.4 Å². The summed E-state index contributed by atoms with van der Waals surface area (Å²) in [7, 11) is 0. The van der Waals surface area contributed by atoms with Crippen molar-refractivity contribution in [1.29, 1.82) is 0 Å². The highest BCUT2D eigenvalue weighted by atomic mass is 19.4. The molecule has 2 heterocycles. The average molecular weight is 360 g/mol. The van der Waals surface area contributed by atoms with E-state index in [-0.39, 0.29) is 16.7 Å². The number of rotatable bonds is 3. The van der Waals surface area contributed by atoms with Gasteiger partial charge in [0.2, 0.25) is 0 Å². The van der Waals surface area contributed by atoms with Gasteiger partial charge in [-0.2, -0.15) is 26.3 Å². The second-order valence-electron chi connectivity index (χ2n) is 5.26. The lowest BCUT2D eigenvalue weighted by Crippen LogP contribution is -2.19. The Labute approximate surface area is 137 Å². The predicted octanol–water partition coefficient (Wildman–Crippen LogP) is 5.19. The lowest BCUT2D eigenvalue weighted by Gasteiger charge is -2.11. The highest BCUT2D eigenvalue weighted by molar-refractivity contribution is 5.87. The number of nitrogens with one attached hydrogen (secondary N) is 1. The number of fused-ring (bicyclic) bond motifs is 1. The highest BCUT2D eigenvalue weighted by Crippen LogP contribution is 2.35. The first-order valence-corrected chi connectivity index (χ1v) is 6.97. The number of H-pyrrole nitrogens is 1. The first kappa shape index (κ1) is 17.1. The topological polar surface area (TPSA) is 37.9 Å². The Morgan fingerprint density at radius 3 is 2.44 bits per heavy atom. The second-order valence-corrected chi connectivity index (χ2v) is 5.26. The number of ether oxygens (including phenoxy) is 1. The monoisotopic (exact) mass is 360 g/mol. The summed E-state index contributed by atoms with van der Waals surface area (Å²) in [5.74, 6) is -0.123. The van der Waals surface area contributed by atoms with Crippen molar-refractivity contribution >= 4 is 10.9 Å². The smallest absolute Gasteiger partial charge is 0.422 e. The lowest BCUT2D eigenvalue weighted by molar-refractivity contribution is -0.153. The van der Waals surface area contributed by atoms with E-state index in [2.05, 4.69) is 9.97 Å². The number of benzene rings is 1. The summed E-state index contributed by atoms with van der Waals surface area (Å²) in [6.07, 6.45) is -6.53. The number of aromatic amines is 1. The van der Waals surface area contributed by atoms with Crippen LogP contribution in [0.4, 0.5) is 26.3 Å². The maximum Gasteiger partial charge on any atom is 0.422 e. The van der Waals surface area contributed by atoms with Crippen LogP contribution in [0.3, 0.4) is 0 Å².